The summed E-state index contributed by atoms with van der Waals surface area (Å²) in [6, 6.07) is 9.11. The lowest BCUT2D eigenvalue weighted by atomic mass is 10.2. The van der Waals surface area contributed by atoms with Crippen molar-refractivity contribution in [2.45, 2.75) is 6.54 Å². The molecule has 2 rings (SSSR count). The summed E-state index contributed by atoms with van der Waals surface area (Å²) in [5.41, 5.74) is 1.96. The van der Waals surface area contributed by atoms with Crippen molar-refractivity contribution in [1.82, 2.24) is 4.98 Å². The molecule has 1 aromatic heterocycles. The van der Waals surface area contributed by atoms with Crippen molar-refractivity contribution in [2.75, 3.05) is 25.6 Å². The van der Waals surface area contributed by atoms with E-state index in [1.807, 2.05) is 24.3 Å². The lowest BCUT2D eigenvalue weighted by molar-refractivity contribution is 0.144. The third kappa shape index (κ3) is 4.91. The monoisotopic (exact) mass is 352 g/mol. The third-order valence-electron chi connectivity index (χ3n) is 2.78. The number of anilines is 1. The number of methoxy groups -OCH3 is 1. The van der Waals surface area contributed by atoms with Crippen molar-refractivity contribution in [2.24, 2.45) is 0 Å². The molecule has 0 saturated carbocycles. The Balaban J connectivity index is 1.86. The van der Waals surface area contributed by atoms with Crippen LogP contribution in [0.1, 0.15) is 5.56 Å². The lowest BCUT2D eigenvalue weighted by Crippen LogP contribution is -2.05. The van der Waals surface area contributed by atoms with Gasteiger partial charge in [0.25, 0.3) is 0 Å². The highest BCUT2D eigenvalue weighted by atomic mass is 79.9. The first kappa shape index (κ1) is 15.6. The molecule has 0 radical (unpaired) electrons. The lowest BCUT2D eigenvalue weighted by Gasteiger charge is -2.08. The minimum atomic E-state index is 0.234. The second kappa shape index (κ2) is 7.85. The molecule has 0 aliphatic carbocycles. The predicted octanol–water partition coefficient (Wildman–Crippen LogP) is 3.19. The highest BCUT2D eigenvalue weighted by Gasteiger charge is 2.01. The summed E-state index contributed by atoms with van der Waals surface area (Å²) in [7, 11) is 1.63. The zero-order chi connectivity index (χ0) is 15.1. The van der Waals surface area contributed by atoms with Crippen LogP contribution in [0.25, 0.3) is 0 Å². The van der Waals surface area contributed by atoms with Crippen LogP contribution in [0.4, 0.5) is 5.69 Å². The third-order valence-corrected chi connectivity index (χ3v) is 3.42. The van der Waals surface area contributed by atoms with Crippen molar-refractivity contribution in [1.29, 1.82) is 0 Å². The molecule has 0 bridgehead atoms. The fourth-order valence-corrected chi connectivity index (χ4v) is 2.09. The first-order valence-corrected chi connectivity index (χ1v) is 7.27. The normalized spacial score (nSPS) is 10.4. The minimum Gasteiger partial charge on any atom is -0.507 e. The number of nitrogens with zero attached hydrogens (tertiary/aromatic N) is 1. The average molecular weight is 353 g/mol. The number of rotatable bonds is 7. The molecular formula is C15H17BrN2O3. The maximum Gasteiger partial charge on any atom is 0.213 e. The van der Waals surface area contributed by atoms with Gasteiger partial charge in [0, 0.05) is 19.7 Å². The van der Waals surface area contributed by atoms with Crippen molar-refractivity contribution in [3.63, 3.8) is 0 Å². The summed E-state index contributed by atoms with van der Waals surface area (Å²) >= 11 is 3.29. The SMILES string of the molecule is COCCOc1ccc(NCc2ccc(O)c(Br)c2)cn1. The fraction of sp³-hybridized carbons (Fsp3) is 0.267. The predicted molar refractivity (Wildman–Crippen MR) is 84.7 cm³/mol. The summed E-state index contributed by atoms with van der Waals surface area (Å²) < 4.78 is 11.0. The van der Waals surface area contributed by atoms with Crippen molar-refractivity contribution >= 4 is 21.6 Å². The molecule has 0 aliphatic rings. The number of aromatic hydroxyl groups is 1. The second-order valence-electron chi connectivity index (χ2n) is 4.37. The van der Waals surface area contributed by atoms with Gasteiger partial charge < -0.3 is 19.9 Å². The van der Waals surface area contributed by atoms with E-state index in [4.69, 9.17) is 9.47 Å². The standard InChI is InChI=1S/C15H17BrN2O3/c1-20-6-7-21-15-5-3-12(10-18-15)17-9-11-2-4-14(19)13(16)8-11/h2-5,8,10,17,19H,6-7,9H2,1H3. The molecule has 0 saturated heterocycles. The minimum absolute atomic E-state index is 0.234. The number of hydrogen-bond donors (Lipinski definition) is 2. The highest BCUT2D eigenvalue weighted by molar-refractivity contribution is 9.10. The Kier molecular flexibility index (Phi) is 5.83. The van der Waals surface area contributed by atoms with Gasteiger partial charge in [0.05, 0.1) is 23.0 Å². The van der Waals surface area contributed by atoms with Gasteiger partial charge in [-0.2, -0.15) is 0 Å². The molecule has 0 atom stereocenters. The first-order valence-electron chi connectivity index (χ1n) is 6.48. The smallest absolute Gasteiger partial charge is 0.213 e. The first-order chi connectivity index (χ1) is 10.2. The summed E-state index contributed by atoms with van der Waals surface area (Å²) in [4.78, 5) is 4.20. The van der Waals surface area contributed by atoms with Crippen LogP contribution in [0.2, 0.25) is 0 Å². The second-order valence-corrected chi connectivity index (χ2v) is 5.22. The molecule has 2 aromatic rings. The molecule has 0 aliphatic heterocycles. The number of ether oxygens (including phenoxy) is 2. The van der Waals surface area contributed by atoms with Crippen LogP contribution in [0.3, 0.4) is 0 Å². The van der Waals surface area contributed by atoms with Crippen molar-refractivity contribution in [3.05, 3.63) is 46.6 Å². The Morgan fingerprint density at radius 1 is 1.24 bits per heavy atom. The van der Waals surface area contributed by atoms with Gasteiger partial charge in [0.2, 0.25) is 5.88 Å². The van der Waals surface area contributed by atoms with E-state index in [2.05, 4.69) is 26.2 Å². The number of phenols is 1. The van der Waals surface area contributed by atoms with Gasteiger partial charge in [-0.1, -0.05) is 6.07 Å². The number of nitrogens with one attached hydrogen (secondary N) is 1. The number of halogens is 1. The average Bonchev–Trinajstić information content (AvgIpc) is 2.50. The van der Waals surface area contributed by atoms with Crippen LogP contribution >= 0.6 is 15.9 Å². The number of phenolic OH excluding ortho intramolecular Hbond substituents is 1. The van der Waals surface area contributed by atoms with Crippen LogP contribution in [0.15, 0.2) is 41.0 Å². The van der Waals surface area contributed by atoms with Crippen molar-refractivity contribution in [3.8, 4) is 11.6 Å². The molecule has 0 fully saturated rings. The largest absolute Gasteiger partial charge is 0.507 e. The van der Waals surface area contributed by atoms with Crippen molar-refractivity contribution < 1.29 is 14.6 Å². The fourth-order valence-electron chi connectivity index (χ4n) is 1.66. The van der Waals surface area contributed by atoms with E-state index < -0.39 is 0 Å². The van der Waals surface area contributed by atoms with Gasteiger partial charge in [-0.05, 0) is 39.7 Å². The summed E-state index contributed by atoms with van der Waals surface area (Å²) in [5, 5.41) is 12.7. The molecule has 21 heavy (non-hydrogen) atoms. The van der Waals surface area contributed by atoms with Gasteiger partial charge >= 0.3 is 0 Å². The van der Waals surface area contributed by atoms with E-state index >= 15 is 0 Å². The Hall–Kier alpha value is -1.79. The van der Waals surface area contributed by atoms with E-state index in [-0.39, 0.29) is 5.75 Å². The Labute approximate surface area is 132 Å². The van der Waals surface area contributed by atoms with E-state index in [9.17, 15) is 5.11 Å². The Morgan fingerprint density at radius 2 is 2.10 bits per heavy atom. The van der Waals surface area contributed by atoms with Gasteiger partial charge in [-0.3, -0.25) is 0 Å². The maximum absolute atomic E-state index is 9.45. The molecule has 1 heterocycles. The molecule has 0 amide bonds. The molecule has 0 unspecified atom stereocenters. The van der Waals surface area contributed by atoms with Gasteiger partial charge in [-0.15, -0.1) is 0 Å². The summed E-state index contributed by atoms with van der Waals surface area (Å²) in [6.45, 7) is 1.67. The van der Waals surface area contributed by atoms with Gasteiger partial charge in [0.1, 0.15) is 12.4 Å². The molecular weight excluding hydrogens is 336 g/mol. The van der Waals surface area contributed by atoms with E-state index in [0.717, 1.165) is 11.3 Å². The topological polar surface area (TPSA) is 63.6 Å². The number of pyridine rings is 1. The number of aromatic nitrogens is 1. The molecule has 6 heteroatoms. The number of benzene rings is 1. The van der Waals surface area contributed by atoms with E-state index in [0.29, 0.717) is 30.1 Å². The summed E-state index contributed by atoms with van der Waals surface area (Å²) in [5.74, 6) is 0.808. The van der Waals surface area contributed by atoms with Crippen LogP contribution in [-0.4, -0.2) is 30.4 Å². The van der Waals surface area contributed by atoms with Gasteiger partial charge in [-0.25, -0.2) is 4.98 Å². The maximum atomic E-state index is 9.45. The molecule has 0 spiro atoms. The van der Waals surface area contributed by atoms with Crippen LogP contribution in [-0.2, 0) is 11.3 Å². The Morgan fingerprint density at radius 3 is 2.76 bits per heavy atom. The van der Waals surface area contributed by atoms with Crippen LogP contribution in [0, 0.1) is 0 Å². The van der Waals surface area contributed by atoms with E-state index in [1.54, 1.807) is 19.4 Å². The van der Waals surface area contributed by atoms with Crippen LogP contribution < -0.4 is 10.1 Å². The molecule has 112 valence electrons. The molecule has 5 nitrogen and oxygen atoms in total. The zero-order valence-corrected chi connectivity index (χ0v) is 13.3. The van der Waals surface area contributed by atoms with E-state index in [1.165, 1.54) is 0 Å². The van der Waals surface area contributed by atoms with Crippen LogP contribution in [0.5, 0.6) is 11.6 Å². The quantitative estimate of drug-likeness (QED) is 0.749. The van der Waals surface area contributed by atoms with Gasteiger partial charge in [0.15, 0.2) is 0 Å². The summed E-state index contributed by atoms with van der Waals surface area (Å²) in [6.07, 6.45) is 1.72. The Bertz CT molecular complexity index is 576. The number of hydrogen-bond acceptors (Lipinski definition) is 5. The molecule has 2 N–H and O–H groups in total. The highest BCUT2D eigenvalue weighted by Crippen LogP contribution is 2.24. The zero-order valence-electron chi connectivity index (χ0n) is 11.7. The molecule has 1 aromatic carbocycles.